The highest BCUT2D eigenvalue weighted by Crippen LogP contribution is 2.39. The fourth-order valence-electron chi connectivity index (χ4n) is 5.39. The lowest BCUT2D eigenvalue weighted by Crippen LogP contribution is -2.43. The molecule has 0 aliphatic heterocycles. The third-order valence-corrected chi connectivity index (χ3v) is 11.7. The average molecular weight is 753 g/mol. The number of ether oxygens (including phenoxy) is 1. The maximum atomic E-state index is 15.6. The van der Waals surface area contributed by atoms with Gasteiger partial charge in [-0.2, -0.15) is 4.31 Å². The number of sulfonamides is 1. The molecule has 15 heteroatoms. The number of methoxy groups -OCH3 is 1. The maximum absolute atomic E-state index is 15.6. The van der Waals surface area contributed by atoms with Crippen LogP contribution in [0.1, 0.15) is 50.4 Å². The smallest absolute Gasteiger partial charge is 0.321 e. The molecule has 3 aromatic carbocycles. The standard InChI is InChI=1S/C35H40ClF3N4O5S2/c1-22(33(44)45)42(16-8-7-15-41(4)5)50(46,47)26-18-29(38)27(30(39)19-26)21-49-34-40-20-32(43(34)25-12-10-24(37)11-13-25)35(2,3)23-9-14-28(36)31(17-23)48-6/h9-14,17-20,22H,7-8,15-16,21H2,1-6H3,(H,44,45). The number of carboxylic acids is 1. The Labute approximate surface area is 300 Å². The largest absolute Gasteiger partial charge is 0.495 e. The van der Waals surface area contributed by atoms with Gasteiger partial charge in [-0.25, -0.2) is 26.6 Å². The van der Waals surface area contributed by atoms with Crippen molar-refractivity contribution in [3.63, 3.8) is 0 Å². The molecule has 1 aromatic heterocycles. The number of imidazole rings is 1. The van der Waals surface area contributed by atoms with E-state index >= 15 is 8.78 Å². The van der Waals surface area contributed by atoms with Crippen molar-refractivity contribution in [2.75, 3.05) is 34.3 Å². The Morgan fingerprint density at radius 2 is 1.66 bits per heavy atom. The van der Waals surface area contributed by atoms with Gasteiger partial charge in [-0.05, 0) is 94.5 Å². The summed E-state index contributed by atoms with van der Waals surface area (Å²) in [6, 6.07) is 11.0. The van der Waals surface area contributed by atoms with Crippen molar-refractivity contribution in [1.82, 2.24) is 18.8 Å². The van der Waals surface area contributed by atoms with Crippen molar-refractivity contribution in [1.29, 1.82) is 0 Å². The highest BCUT2D eigenvalue weighted by Gasteiger charge is 2.34. The molecule has 1 N–H and O–H groups in total. The van der Waals surface area contributed by atoms with Gasteiger partial charge in [0.1, 0.15) is 29.2 Å². The number of benzene rings is 3. The van der Waals surface area contributed by atoms with Gasteiger partial charge >= 0.3 is 5.97 Å². The molecule has 50 heavy (non-hydrogen) atoms. The van der Waals surface area contributed by atoms with Crippen LogP contribution in [0, 0.1) is 17.5 Å². The average Bonchev–Trinajstić information content (AvgIpc) is 3.49. The van der Waals surface area contributed by atoms with E-state index in [0.29, 0.717) is 58.8 Å². The van der Waals surface area contributed by atoms with Crippen LogP contribution in [0.4, 0.5) is 13.2 Å². The fraction of sp³-hybridized carbons (Fsp3) is 0.371. The Kier molecular flexibility index (Phi) is 12.7. The molecule has 1 heterocycles. The second kappa shape index (κ2) is 16.2. The SMILES string of the molecule is COc1cc(C(C)(C)c2cnc(SCc3c(F)cc(S(=O)(=O)N(CCCCN(C)C)C(C)C(=O)O)cc3F)n2-c2ccc(F)cc2)ccc1Cl. The molecule has 0 amide bonds. The monoisotopic (exact) mass is 752 g/mol. The first kappa shape index (κ1) is 39.2. The molecule has 4 rings (SSSR count). The Morgan fingerprint density at radius 3 is 2.24 bits per heavy atom. The molecule has 0 aliphatic carbocycles. The Bertz CT molecular complexity index is 1920. The number of nitrogens with zero attached hydrogens (tertiary/aromatic N) is 4. The number of unbranched alkanes of at least 4 members (excludes halogenated alkanes) is 1. The summed E-state index contributed by atoms with van der Waals surface area (Å²) in [5.41, 5.74) is 0.953. The molecule has 0 spiro atoms. The second-order valence-electron chi connectivity index (χ2n) is 12.5. The second-order valence-corrected chi connectivity index (χ2v) is 15.7. The van der Waals surface area contributed by atoms with Crippen molar-refractivity contribution in [2.24, 2.45) is 0 Å². The molecule has 0 radical (unpaired) electrons. The van der Waals surface area contributed by atoms with E-state index in [0.717, 1.165) is 21.6 Å². The number of carboxylic acid groups (broad SMARTS) is 1. The number of hydrogen-bond acceptors (Lipinski definition) is 7. The van der Waals surface area contributed by atoms with Gasteiger partial charge in [-0.3, -0.25) is 9.36 Å². The lowest BCUT2D eigenvalue weighted by molar-refractivity contribution is -0.140. The summed E-state index contributed by atoms with van der Waals surface area (Å²) >= 11 is 7.28. The first-order chi connectivity index (χ1) is 23.5. The van der Waals surface area contributed by atoms with Crippen LogP contribution in [0.5, 0.6) is 5.75 Å². The summed E-state index contributed by atoms with van der Waals surface area (Å²) in [7, 11) is 0.641. The summed E-state index contributed by atoms with van der Waals surface area (Å²) in [5.74, 6) is -3.86. The fourth-order valence-corrected chi connectivity index (χ4v) is 8.25. The lowest BCUT2D eigenvalue weighted by Gasteiger charge is -2.28. The van der Waals surface area contributed by atoms with Crippen molar-refractivity contribution in [3.05, 3.63) is 100 Å². The zero-order chi connectivity index (χ0) is 37.0. The molecular formula is C35H40ClF3N4O5S2. The summed E-state index contributed by atoms with van der Waals surface area (Å²) in [6.45, 7) is 5.63. The molecule has 0 fully saturated rings. The van der Waals surface area contributed by atoms with E-state index in [9.17, 15) is 22.7 Å². The van der Waals surface area contributed by atoms with E-state index < -0.39 is 55.4 Å². The van der Waals surface area contributed by atoms with E-state index in [1.807, 2.05) is 38.9 Å². The zero-order valence-corrected chi connectivity index (χ0v) is 31.0. The highest BCUT2D eigenvalue weighted by atomic mass is 35.5. The van der Waals surface area contributed by atoms with Crippen LogP contribution in [-0.2, 0) is 26.0 Å². The number of aliphatic carboxylic acids is 1. The first-order valence-corrected chi connectivity index (χ1v) is 18.5. The van der Waals surface area contributed by atoms with Crippen LogP contribution >= 0.6 is 23.4 Å². The van der Waals surface area contributed by atoms with Crippen LogP contribution in [-0.4, -0.2) is 78.6 Å². The zero-order valence-electron chi connectivity index (χ0n) is 28.6. The molecule has 0 bridgehead atoms. The predicted octanol–water partition coefficient (Wildman–Crippen LogP) is 7.38. The minimum absolute atomic E-state index is 0.141. The summed E-state index contributed by atoms with van der Waals surface area (Å²) in [5, 5.41) is 10.4. The van der Waals surface area contributed by atoms with E-state index in [1.54, 1.807) is 35.0 Å². The molecule has 9 nitrogen and oxygen atoms in total. The molecule has 0 saturated carbocycles. The van der Waals surface area contributed by atoms with E-state index in [-0.39, 0.29) is 12.3 Å². The summed E-state index contributed by atoms with van der Waals surface area (Å²) < 4.78 is 80.2. The molecule has 270 valence electrons. The molecule has 0 aliphatic rings. The predicted molar refractivity (Wildman–Crippen MR) is 188 cm³/mol. The van der Waals surface area contributed by atoms with E-state index in [1.165, 1.54) is 26.2 Å². The normalized spacial score (nSPS) is 12.9. The minimum Gasteiger partial charge on any atom is -0.495 e. The molecular weight excluding hydrogens is 713 g/mol. The van der Waals surface area contributed by atoms with Crippen molar-refractivity contribution >= 4 is 39.4 Å². The van der Waals surface area contributed by atoms with Crippen LogP contribution < -0.4 is 4.74 Å². The van der Waals surface area contributed by atoms with Crippen LogP contribution in [0.2, 0.25) is 5.02 Å². The van der Waals surface area contributed by atoms with E-state index in [2.05, 4.69) is 4.98 Å². The van der Waals surface area contributed by atoms with Gasteiger partial charge < -0.3 is 14.7 Å². The quantitative estimate of drug-likeness (QED) is 0.0935. The maximum Gasteiger partial charge on any atom is 0.321 e. The van der Waals surface area contributed by atoms with Crippen molar-refractivity contribution in [3.8, 4) is 11.4 Å². The number of carbonyl (C=O) groups is 1. The number of aromatic nitrogens is 2. The van der Waals surface area contributed by atoms with Crippen LogP contribution in [0.15, 0.2) is 70.8 Å². The Hall–Kier alpha value is -3.56. The topological polar surface area (TPSA) is 105 Å². The number of rotatable bonds is 16. The Morgan fingerprint density at radius 1 is 1.04 bits per heavy atom. The summed E-state index contributed by atoms with van der Waals surface area (Å²) in [6.07, 6.45) is 2.57. The third kappa shape index (κ3) is 8.65. The van der Waals surface area contributed by atoms with Gasteiger partial charge in [0, 0.05) is 29.0 Å². The Balaban J connectivity index is 1.68. The van der Waals surface area contributed by atoms with Crippen molar-refractivity contribution in [2.45, 2.75) is 60.9 Å². The van der Waals surface area contributed by atoms with Gasteiger partial charge in [-0.1, -0.05) is 43.3 Å². The molecule has 0 saturated heterocycles. The molecule has 4 aromatic rings. The van der Waals surface area contributed by atoms with Gasteiger partial charge in [0.2, 0.25) is 10.0 Å². The van der Waals surface area contributed by atoms with Crippen LogP contribution in [0.25, 0.3) is 5.69 Å². The van der Waals surface area contributed by atoms with Gasteiger partial charge in [0.05, 0.1) is 28.9 Å². The van der Waals surface area contributed by atoms with E-state index in [4.69, 9.17) is 16.3 Å². The summed E-state index contributed by atoms with van der Waals surface area (Å²) in [4.78, 5) is 17.6. The number of thioether (sulfide) groups is 1. The molecule has 1 atom stereocenters. The number of hydrogen-bond donors (Lipinski definition) is 1. The van der Waals surface area contributed by atoms with Crippen molar-refractivity contribution < 1.29 is 36.2 Å². The minimum atomic E-state index is -4.58. The van der Waals surface area contributed by atoms with Gasteiger partial charge in [-0.15, -0.1) is 0 Å². The highest BCUT2D eigenvalue weighted by molar-refractivity contribution is 7.98. The molecule has 1 unspecified atom stereocenters. The van der Waals surface area contributed by atoms with Crippen LogP contribution in [0.3, 0.4) is 0 Å². The van der Waals surface area contributed by atoms with Gasteiger partial charge in [0.15, 0.2) is 5.16 Å². The third-order valence-electron chi connectivity index (χ3n) is 8.42. The number of halogens is 4. The first-order valence-electron chi connectivity index (χ1n) is 15.7. The lowest BCUT2D eigenvalue weighted by atomic mass is 9.81. The van der Waals surface area contributed by atoms with Gasteiger partial charge in [0.25, 0.3) is 0 Å².